The number of nitro groups is 1. The molecule has 1 N–H and O–H groups in total. The summed E-state index contributed by atoms with van der Waals surface area (Å²) >= 11 is 0. The predicted molar refractivity (Wildman–Crippen MR) is 85.5 cm³/mol. The molecule has 0 fully saturated rings. The van der Waals surface area contributed by atoms with E-state index in [-0.39, 0.29) is 11.5 Å². The molecule has 1 aromatic carbocycles. The number of allylic oxidation sites excluding steroid dienone is 1. The van der Waals surface area contributed by atoms with Gasteiger partial charge >= 0.3 is 5.70 Å². The van der Waals surface area contributed by atoms with Gasteiger partial charge in [-0.15, -0.1) is 0 Å². The summed E-state index contributed by atoms with van der Waals surface area (Å²) in [6.07, 6.45) is 5.02. The zero-order valence-electron chi connectivity index (χ0n) is 13.2. The molecule has 0 bridgehead atoms. The lowest BCUT2D eigenvalue weighted by Gasteiger charge is -2.30. The maximum Gasteiger partial charge on any atom is 0.312 e. The van der Waals surface area contributed by atoms with E-state index in [1.807, 2.05) is 0 Å². The van der Waals surface area contributed by atoms with Crippen molar-refractivity contribution in [2.45, 2.75) is 5.79 Å². The summed E-state index contributed by atoms with van der Waals surface area (Å²) in [6.45, 7) is 0. The van der Waals surface area contributed by atoms with Crippen LogP contribution in [-0.4, -0.2) is 35.8 Å². The first-order valence-corrected chi connectivity index (χ1v) is 7.10. The molecule has 7 nitrogen and oxygen atoms in total. The molecule has 126 valence electrons. The van der Waals surface area contributed by atoms with Gasteiger partial charge in [-0.2, -0.15) is 0 Å². The summed E-state index contributed by atoms with van der Waals surface area (Å²) in [4.78, 5) is 22.5. The van der Waals surface area contributed by atoms with Gasteiger partial charge in [-0.05, 0) is 12.2 Å². The number of ketones is 1. The second kappa shape index (κ2) is 7.20. The summed E-state index contributed by atoms with van der Waals surface area (Å²) in [5.41, 5.74) is 0.0869. The van der Waals surface area contributed by atoms with Crippen molar-refractivity contribution in [2.75, 3.05) is 14.2 Å². The first-order valence-electron chi connectivity index (χ1n) is 7.10. The van der Waals surface area contributed by atoms with Crippen LogP contribution in [0.25, 0.3) is 0 Å². The van der Waals surface area contributed by atoms with Crippen molar-refractivity contribution in [1.82, 2.24) is 0 Å². The van der Waals surface area contributed by atoms with E-state index in [1.54, 1.807) is 30.3 Å². The molecule has 0 amide bonds. The Labute approximate surface area is 138 Å². The summed E-state index contributed by atoms with van der Waals surface area (Å²) in [5, 5.41) is 21.6. The molecule has 0 heterocycles. The van der Waals surface area contributed by atoms with Gasteiger partial charge < -0.3 is 14.6 Å². The van der Waals surface area contributed by atoms with Crippen LogP contribution in [0.4, 0.5) is 0 Å². The molecule has 0 aromatic heterocycles. The highest BCUT2D eigenvalue weighted by Crippen LogP contribution is 2.33. The first-order chi connectivity index (χ1) is 11.4. The van der Waals surface area contributed by atoms with Gasteiger partial charge in [0.15, 0.2) is 11.5 Å². The van der Waals surface area contributed by atoms with Crippen molar-refractivity contribution in [1.29, 1.82) is 0 Å². The summed E-state index contributed by atoms with van der Waals surface area (Å²) in [7, 11) is 2.51. The van der Waals surface area contributed by atoms with Crippen LogP contribution in [0.2, 0.25) is 0 Å². The fourth-order valence-electron chi connectivity index (χ4n) is 2.32. The van der Waals surface area contributed by atoms with Gasteiger partial charge in [-0.3, -0.25) is 14.9 Å². The Bertz CT molecular complexity index is 722. The van der Waals surface area contributed by atoms with Crippen LogP contribution >= 0.6 is 0 Å². The Morgan fingerprint density at radius 3 is 2.54 bits per heavy atom. The average molecular weight is 331 g/mol. The van der Waals surface area contributed by atoms with E-state index in [0.717, 1.165) is 6.08 Å². The van der Waals surface area contributed by atoms with Gasteiger partial charge in [0.1, 0.15) is 0 Å². The van der Waals surface area contributed by atoms with Crippen LogP contribution in [0.5, 0.6) is 0 Å². The number of ether oxygens (including phenoxy) is 2. The zero-order chi connectivity index (χ0) is 17.7. The maximum atomic E-state index is 12.1. The molecule has 0 aliphatic heterocycles. The minimum Gasteiger partial charge on any atom is -0.490 e. The second-order valence-electron chi connectivity index (χ2n) is 5.09. The number of methoxy groups -OCH3 is 2. The Morgan fingerprint density at radius 1 is 1.33 bits per heavy atom. The standard InChI is InChI=1S/C17H17NO6/c1-23-16-10-13(17(20,24-2)11-14(16)18(21)22)8-9-15(19)12-6-4-3-5-7-12/h3-11,13,20H,1-2H3. The predicted octanol–water partition coefficient (Wildman–Crippen LogP) is 2.08. The van der Waals surface area contributed by atoms with Crippen molar-refractivity contribution in [2.24, 2.45) is 5.92 Å². The molecule has 2 atom stereocenters. The van der Waals surface area contributed by atoms with E-state index < -0.39 is 22.3 Å². The smallest absolute Gasteiger partial charge is 0.312 e. The average Bonchev–Trinajstić information content (AvgIpc) is 2.60. The van der Waals surface area contributed by atoms with Crippen LogP contribution in [0.15, 0.2) is 66.1 Å². The molecule has 1 aliphatic carbocycles. The Hall–Kier alpha value is -2.77. The first kappa shape index (κ1) is 17.6. The van der Waals surface area contributed by atoms with Crippen molar-refractivity contribution in [3.63, 3.8) is 0 Å². The molecule has 0 saturated heterocycles. The monoisotopic (exact) mass is 331 g/mol. The van der Waals surface area contributed by atoms with Crippen molar-refractivity contribution in [3.8, 4) is 0 Å². The minimum atomic E-state index is -1.95. The van der Waals surface area contributed by atoms with Crippen LogP contribution in [0, 0.1) is 16.0 Å². The SMILES string of the molecule is COC1=CC(C=CC(=O)c2ccccc2)C(O)(OC)C=C1[N+](=O)[O-]. The molecular formula is C17H17NO6. The molecule has 7 heteroatoms. The van der Waals surface area contributed by atoms with E-state index in [9.17, 15) is 20.0 Å². The van der Waals surface area contributed by atoms with E-state index in [2.05, 4.69) is 0 Å². The maximum absolute atomic E-state index is 12.1. The number of hydrogen-bond donors (Lipinski definition) is 1. The number of rotatable bonds is 6. The van der Waals surface area contributed by atoms with E-state index in [1.165, 1.54) is 32.4 Å². The Balaban J connectivity index is 2.31. The Morgan fingerprint density at radius 2 is 2.00 bits per heavy atom. The van der Waals surface area contributed by atoms with Gasteiger partial charge in [-0.1, -0.05) is 36.4 Å². The van der Waals surface area contributed by atoms with Gasteiger partial charge in [0.2, 0.25) is 5.79 Å². The largest absolute Gasteiger partial charge is 0.490 e. The minimum absolute atomic E-state index is 0.0106. The normalized spacial score (nSPS) is 23.5. The highest BCUT2D eigenvalue weighted by Gasteiger charge is 2.41. The molecule has 0 spiro atoms. The van der Waals surface area contributed by atoms with E-state index >= 15 is 0 Å². The molecule has 2 unspecified atom stereocenters. The lowest BCUT2D eigenvalue weighted by molar-refractivity contribution is -0.426. The molecule has 0 saturated carbocycles. The third kappa shape index (κ3) is 3.58. The topological polar surface area (TPSA) is 98.9 Å². The fraction of sp³-hybridized carbons (Fsp3) is 0.235. The zero-order valence-corrected chi connectivity index (χ0v) is 13.2. The quantitative estimate of drug-likeness (QED) is 0.282. The number of benzene rings is 1. The number of aliphatic hydroxyl groups is 1. The lowest BCUT2D eigenvalue weighted by atomic mass is 9.90. The van der Waals surface area contributed by atoms with Crippen molar-refractivity contribution in [3.05, 3.63) is 81.8 Å². The second-order valence-corrected chi connectivity index (χ2v) is 5.09. The van der Waals surface area contributed by atoms with E-state index in [4.69, 9.17) is 9.47 Å². The van der Waals surface area contributed by atoms with Gasteiger partial charge in [0.25, 0.3) is 0 Å². The van der Waals surface area contributed by atoms with Crippen molar-refractivity contribution >= 4 is 5.78 Å². The summed E-state index contributed by atoms with van der Waals surface area (Å²) in [6, 6.07) is 8.60. The van der Waals surface area contributed by atoms with E-state index in [0.29, 0.717) is 5.56 Å². The molecule has 1 aromatic rings. The van der Waals surface area contributed by atoms with Crippen LogP contribution in [0.3, 0.4) is 0 Å². The molecule has 0 radical (unpaired) electrons. The number of hydrogen-bond acceptors (Lipinski definition) is 6. The molecule has 1 aliphatic rings. The summed E-state index contributed by atoms with van der Waals surface area (Å²) < 4.78 is 10.0. The molecule has 24 heavy (non-hydrogen) atoms. The van der Waals surface area contributed by atoms with Gasteiger partial charge in [0, 0.05) is 12.7 Å². The molecular weight excluding hydrogens is 314 g/mol. The van der Waals surface area contributed by atoms with Crippen LogP contribution in [0.1, 0.15) is 10.4 Å². The highest BCUT2D eigenvalue weighted by atomic mass is 16.6. The van der Waals surface area contributed by atoms with Crippen LogP contribution < -0.4 is 0 Å². The van der Waals surface area contributed by atoms with Crippen molar-refractivity contribution < 1.29 is 24.3 Å². The Kier molecular flexibility index (Phi) is 5.28. The number of nitrogens with zero attached hydrogens (tertiary/aromatic N) is 1. The summed E-state index contributed by atoms with van der Waals surface area (Å²) in [5.74, 6) is -3.04. The van der Waals surface area contributed by atoms with Gasteiger partial charge in [0.05, 0.1) is 24.0 Å². The number of carbonyl (C=O) groups is 1. The fourth-order valence-corrected chi connectivity index (χ4v) is 2.32. The molecule has 2 rings (SSSR count). The third-order valence-corrected chi connectivity index (χ3v) is 3.66. The van der Waals surface area contributed by atoms with Crippen LogP contribution in [-0.2, 0) is 9.47 Å². The number of carbonyl (C=O) groups excluding carboxylic acids is 1. The highest BCUT2D eigenvalue weighted by molar-refractivity contribution is 6.04. The third-order valence-electron chi connectivity index (χ3n) is 3.66. The lowest BCUT2D eigenvalue weighted by Crippen LogP contribution is -2.39. The van der Waals surface area contributed by atoms with Gasteiger partial charge in [-0.25, -0.2) is 0 Å².